The van der Waals surface area contributed by atoms with E-state index >= 15 is 4.39 Å². The first-order valence-corrected chi connectivity index (χ1v) is 11.8. The third kappa shape index (κ3) is 5.23. The van der Waals surface area contributed by atoms with Crippen molar-refractivity contribution in [3.05, 3.63) is 126 Å². The summed E-state index contributed by atoms with van der Waals surface area (Å²) < 4.78 is 16.6. The Kier molecular flexibility index (Phi) is 6.98. The topological polar surface area (TPSA) is 80.1 Å². The van der Waals surface area contributed by atoms with Crippen LogP contribution in [0.3, 0.4) is 0 Å². The molecule has 1 N–H and O–H groups in total. The van der Waals surface area contributed by atoms with E-state index in [1.165, 1.54) is 21.7 Å². The molecular formula is C29H24FN5O2. The number of amides is 2. The zero-order chi connectivity index (χ0) is 25.6. The molecule has 5 rings (SSSR count). The smallest absolute Gasteiger partial charge is 0.249 e. The Morgan fingerprint density at radius 1 is 0.838 bits per heavy atom. The summed E-state index contributed by atoms with van der Waals surface area (Å²) >= 11 is 0. The normalized spacial score (nSPS) is 11.7. The largest absolute Gasteiger partial charge is 0.350 e. The predicted molar refractivity (Wildman–Crippen MR) is 139 cm³/mol. The molecule has 0 radical (unpaired) electrons. The monoisotopic (exact) mass is 493 g/mol. The van der Waals surface area contributed by atoms with Crippen molar-refractivity contribution in [3.8, 4) is 0 Å². The zero-order valence-corrected chi connectivity index (χ0v) is 19.9. The molecular weight excluding hydrogens is 469 g/mol. The van der Waals surface area contributed by atoms with Crippen molar-refractivity contribution in [1.29, 1.82) is 0 Å². The first kappa shape index (κ1) is 23.9. The number of halogens is 1. The molecule has 0 bridgehead atoms. The quantitative estimate of drug-likeness (QED) is 0.341. The van der Waals surface area contributed by atoms with Crippen LogP contribution in [0.4, 0.5) is 10.1 Å². The maximum absolute atomic E-state index is 15.1. The second kappa shape index (κ2) is 10.8. The first-order valence-electron chi connectivity index (χ1n) is 11.8. The number of fused-ring (bicyclic) bond motifs is 1. The minimum atomic E-state index is -1.26. The number of carbonyl (C=O) groups excluding carboxylic acids is 2. The van der Waals surface area contributed by atoms with E-state index in [9.17, 15) is 9.59 Å². The lowest BCUT2D eigenvalue weighted by Gasteiger charge is -2.31. The number of carbonyl (C=O) groups is 2. The number of hydrogen-bond donors (Lipinski definition) is 1. The number of nitrogens with one attached hydrogen (secondary N) is 1. The molecule has 1 atom stereocenters. The predicted octanol–water partition coefficient (Wildman–Crippen LogP) is 4.66. The number of rotatable bonds is 8. The van der Waals surface area contributed by atoms with Crippen molar-refractivity contribution in [2.75, 3.05) is 4.90 Å². The Balaban J connectivity index is 1.54. The van der Waals surface area contributed by atoms with Gasteiger partial charge >= 0.3 is 0 Å². The summed E-state index contributed by atoms with van der Waals surface area (Å²) in [6.07, 6.45) is 0. The highest BCUT2D eigenvalue weighted by Gasteiger charge is 2.34. The van der Waals surface area contributed by atoms with Gasteiger partial charge in [0.2, 0.25) is 11.8 Å². The van der Waals surface area contributed by atoms with Crippen LogP contribution < -0.4 is 10.2 Å². The van der Waals surface area contributed by atoms with Crippen molar-refractivity contribution in [1.82, 2.24) is 20.3 Å². The maximum Gasteiger partial charge on any atom is 0.249 e. The van der Waals surface area contributed by atoms with Crippen LogP contribution in [0.15, 0.2) is 109 Å². The molecule has 0 aliphatic carbocycles. The van der Waals surface area contributed by atoms with Crippen LogP contribution in [0.2, 0.25) is 0 Å². The summed E-state index contributed by atoms with van der Waals surface area (Å²) in [6, 6.07) is 30.2. The molecule has 0 saturated heterocycles. The third-order valence-electron chi connectivity index (χ3n) is 6.02. The molecule has 37 heavy (non-hydrogen) atoms. The number of anilines is 1. The fourth-order valence-electron chi connectivity index (χ4n) is 4.24. The van der Waals surface area contributed by atoms with Crippen LogP contribution >= 0.6 is 0 Å². The fourth-order valence-corrected chi connectivity index (χ4v) is 4.24. The van der Waals surface area contributed by atoms with Crippen LogP contribution in [0.25, 0.3) is 11.0 Å². The van der Waals surface area contributed by atoms with Crippen LogP contribution in [-0.2, 0) is 22.7 Å². The summed E-state index contributed by atoms with van der Waals surface area (Å²) in [6.45, 7) is 0.0431. The minimum Gasteiger partial charge on any atom is -0.350 e. The Bertz CT molecular complexity index is 1520. The lowest BCUT2D eigenvalue weighted by molar-refractivity contribution is -0.127. The molecule has 0 aliphatic heterocycles. The van der Waals surface area contributed by atoms with E-state index in [4.69, 9.17) is 0 Å². The Hall–Kier alpha value is -4.85. The van der Waals surface area contributed by atoms with Gasteiger partial charge in [0.1, 0.15) is 23.9 Å². The Labute approximate surface area is 213 Å². The molecule has 0 saturated carbocycles. The number of hydrogen-bond acceptors (Lipinski definition) is 4. The lowest BCUT2D eigenvalue weighted by atomic mass is 10.0. The van der Waals surface area contributed by atoms with Crippen molar-refractivity contribution < 1.29 is 14.0 Å². The SMILES string of the molecule is O=C(NCc1ccccc1)C(c1ccccc1F)N(C(=O)Cn1nnc2ccccc21)c1ccccc1. The molecule has 0 aliphatic rings. The highest BCUT2D eigenvalue weighted by molar-refractivity contribution is 6.01. The number of para-hydroxylation sites is 2. The van der Waals surface area contributed by atoms with Crippen LogP contribution in [-0.4, -0.2) is 26.8 Å². The van der Waals surface area contributed by atoms with Crippen LogP contribution in [0, 0.1) is 5.82 Å². The first-order chi connectivity index (χ1) is 18.1. The Morgan fingerprint density at radius 3 is 2.24 bits per heavy atom. The van der Waals surface area contributed by atoms with E-state index in [0.29, 0.717) is 16.7 Å². The number of nitrogens with zero attached hydrogens (tertiary/aromatic N) is 4. The van der Waals surface area contributed by atoms with Crippen LogP contribution in [0.1, 0.15) is 17.2 Å². The van der Waals surface area contributed by atoms with Gasteiger partial charge in [0.15, 0.2) is 0 Å². The highest BCUT2D eigenvalue weighted by atomic mass is 19.1. The molecule has 1 aromatic heterocycles. The van der Waals surface area contributed by atoms with Gasteiger partial charge in [0.05, 0.1) is 5.52 Å². The second-order valence-corrected chi connectivity index (χ2v) is 8.46. The molecule has 0 spiro atoms. The van der Waals surface area contributed by atoms with E-state index in [-0.39, 0.29) is 18.7 Å². The van der Waals surface area contributed by atoms with Crippen molar-refractivity contribution in [2.45, 2.75) is 19.1 Å². The van der Waals surface area contributed by atoms with Crippen molar-refractivity contribution >= 4 is 28.5 Å². The molecule has 1 unspecified atom stereocenters. The minimum absolute atomic E-state index is 0.0914. The second-order valence-electron chi connectivity index (χ2n) is 8.46. The molecule has 2 amide bonds. The van der Waals surface area contributed by atoms with E-state index in [1.807, 2.05) is 54.6 Å². The third-order valence-corrected chi connectivity index (χ3v) is 6.02. The lowest BCUT2D eigenvalue weighted by Crippen LogP contribution is -2.45. The van der Waals surface area contributed by atoms with Gasteiger partial charge in [-0.1, -0.05) is 84.1 Å². The van der Waals surface area contributed by atoms with Crippen molar-refractivity contribution in [2.24, 2.45) is 0 Å². The van der Waals surface area contributed by atoms with Gasteiger partial charge in [-0.05, 0) is 35.9 Å². The molecule has 4 aromatic carbocycles. The van der Waals surface area contributed by atoms with Crippen LogP contribution in [0.5, 0.6) is 0 Å². The van der Waals surface area contributed by atoms with Gasteiger partial charge < -0.3 is 5.32 Å². The van der Waals surface area contributed by atoms with Gasteiger partial charge in [0, 0.05) is 17.8 Å². The van der Waals surface area contributed by atoms with Gasteiger partial charge in [0.25, 0.3) is 0 Å². The van der Waals surface area contributed by atoms with Gasteiger partial charge in [-0.2, -0.15) is 0 Å². The van der Waals surface area contributed by atoms with E-state index in [1.54, 1.807) is 42.5 Å². The zero-order valence-electron chi connectivity index (χ0n) is 19.9. The number of aromatic nitrogens is 3. The maximum atomic E-state index is 15.1. The standard InChI is InChI=1S/C29H24FN5O2/c30-24-16-8-7-15-23(24)28(29(37)31-19-21-11-3-1-4-12-21)35(22-13-5-2-6-14-22)27(36)20-34-26-18-10-9-17-25(26)32-33-34/h1-18,28H,19-20H2,(H,31,37). The van der Waals surface area contributed by atoms with E-state index in [2.05, 4.69) is 15.6 Å². The molecule has 8 heteroatoms. The van der Waals surface area contributed by atoms with Gasteiger partial charge in [-0.15, -0.1) is 5.10 Å². The molecule has 7 nitrogen and oxygen atoms in total. The molecule has 5 aromatic rings. The molecule has 1 heterocycles. The number of benzene rings is 4. The van der Waals surface area contributed by atoms with Gasteiger partial charge in [-0.3, -0.25) is 14.5 Å². The average molecular weight is 494 g/mol. The van der Waals surface area contributed by atoms with Crippen molar-refractivity contribution in [3.63, 3.8) is 0 Å². The fraction of sp³-hybridized carbons (Fsp3) is 0.103. The van der Waals surface area contributed by atoms with E-state index < -0.39 is 23.7 Å². The summed E-state index contributed by atoms with van der Waals surface area (Å²) in [7, 11) is 0. The van der Waals surface area contributed by atoms with E-state index in [0.717, 1.165) is 5.56 Å². The summed E-state index contributed by atoms with van der Waals surface area (Å²) in [5.74, 6) is -1.53. The summed E-state index contributed by atoms with van der Waals surface area (Å²) in [5, 5.41) is 11.1. The highest BCUT2D eigenvalue weighted by Crippen LogP contribution is 2.30. The average Bonchev–Trinajstić information content (AvgIpc) is 3.34. The van der Waals surface area contributed by atoms with Gasteiger partial charge in [-0.25, -0.2) is 9.07 Å². The summed E-state index contributed by atoms with van der Waals surface area (Å²) in [4.78, 5) is 28.9. The Morgan fingerprint density at radius 2 is 1.49 bits per heavy atom. The summed E-state index contributed by atoms with van der Waals surface area (Å²) in [5.41, 5.74) is 2.76. The molecule has 0 fully saturated rings. The molecule has 184 valence electrons.